The molecule has 0 unspecified atom stereocenters. The van der Waals surface area contributed by atoms with Crippen molar-refractivity contribution in [1.29, 1.82) is 0 Å². The molecule has 0 atom stereocenters. The van der Waals surface area contributed by atoms with Crippen molar-refractivity contribution < 1.29 is 27.5 Å². The molecule has 2 aromatic rings. The minimum Gasteiger partial charge on any atom is -0.475 e. The van der Waals surface area contributed by atoms with Gasteiger partial charge in [0.25, 0.3) is 10.0 Å². The van der Waals surface area contributed by atoms with E-state index in [4.69, 9.17) is 9.52 Å². The van der Waals surface area contributed by atoms with Crippen LogP contribution >= 0.6 is 0 Å². The van der Waals surface area contributed by atoms with Crippen molar-refractivity contribution in [2.75, 3.05) is 4.72 Å². The summed E-state index contributed by atoms with van der Waals surface area (Å²) in [6.45, 7) is 1.36. The third-order valence-corrected chi connectivity index (χ3v) is 3.83. The molecule has 0 radical (unpaired) electrons. The number of furan rings is 1. The maximum absolute atomic E-state index is 12.0. The monoisotopic (exact) mass is 309 g/mol. The van der Waals surface area contributed by atoms with Crippen LogP contribution in [0.1, 0.15) is 27.8 Å². The van der Waals surface area contributed by atoms with Crippen LogP contribution in [0.25, 0.3) is 0 Å². The fourth-order valence-corrected chi connectivity index (χ4v) is 2.57. The lowest BCUT2D eigenvalue weighted by Crippen LogP contribution is -2.12. The Morgan fingerprint density at radius 1 is 1.19 bits per heavy atom. The molecule has 0 fully saturated rings. The van der Waals surface area contributed by atoms with Gasteiger partial charge in [0.1, 0.15) is 0 Å². The third-order valence-electron chi connectivity index (χ3n) is 2.58. The van der Waals surface area contributed by atoms with Crippen LogP contribution in [0.15, 0.2) is 45.9 Å². The Bertz CT molecular complexity index is 806. The molecule has 1 aromatic carbocycles. The van der Waals surface area contributed by atoms with E-state index in [0.29, 0.717) is 5.56 Å². The van der Waals surface area contributed by atoms with E-state index in [1.165, 1.54) is 25.1 Å². The fraction of sp³-hybridized carbons (Fsp3) is 0.0769. The van der Waals surface area contributed by atoms with Gasteiger partial charge >= 0.3 is 5.97 Å². The maximum atomic E-state index is 12.0. The molecule has 7 nitrogen and oxygen atoms in total. The molecule has 8 heteroatoms. The Balaban J connectivity index is 2.30. The first kappa shape index (κ1) is 14.8. The summed E-state index contributed by atoms with van der Waals surface area (Å²) >= 11 is 0. The van der Waals surface area contributed by atoms with Gasteiger partial charge in [-0.05, 0) is 31.2 Å². The number of benzene rings is 1. The number of sulfonamides is 1. The van der Waals surface area contributed by atoms with Crippen LogP contribution in [0, 0.1) is 0 Å². The first-order valence-corrected chi connectivity index (χ1v) is 7.25. The number of carboxylic acid groups (broad SMARTS) is 1. The predicted molar refractivity (Wildman–Crippen MR) is 72.9 cm³/mol. The first-order chi connectivity index (χ1) is 9.79. The van der Waals surface area contributed by atoms with Crippen LogP contribution < -0.4 is 4.72 Å². The fourth-order valence-electron chi connectivity index (χ4n) is 1.59. The van der Waals surface area contributed by atoms with Gasteiger partial charge in [-0.1, -0.05) is 12.1 Å². The second-order valence-corrected chi connectivity index (χ2v) is 5.78. The quantitative estimate of drug-likeness (QED) is 0.816. The summed E-state index contributed by atoms with van der Waals surface area (Å²) in [6.07, 6.45) is 0. The van der Waals surface area contributed by atoms with Gasteiger partial charge in [0.2, 0.25) is 10.9 Å². The van der Waals surface area contributed by atoms with E-state index < -0.39 is 26.8 Å². The molecule has 0 aliphatic rings. The highest BCUT2D eigenvalue weighted by Gasteiger charge is 2.21. The highest BCUT2D eigenvalue weighted by atomic mass is 32.2. The summed E-state index contributed by atoms with van der Waals surface area (Å²) in [5, 5.41) is 8.18. The molecule has 0 saturated carbocycles. The van der Waals surface area contributed by atoms with Crippen molar-refractivity contribution in [3.05, 3.63) is 47.7 Å². The van der Waals surface area contributed by atoms with Gasteiger partial charge in [-0.3, -0.25) is 9.52 Å². The number of nitrogens with one attached hydrogen (secondary N) is 1. The average Bonchev–Trinajstić information content (AvgIpc) is 2.89. The summed E-state index contributed by atoms with van der Waals surface area (Å²) in [6, 6.07) is 8.00. The normalized spacial score (nSPS) is 11.1. The van der Waals surface area contributed by atoms with Gasteiger partial charge in [-0.25, -0.2) is 4.79 Å². The molecule has 0 aliphatic heterocycles. The lowest BCUT2D eigenvalue weighted by molar-refractivity contribution is 0.0656. The Kier molecular flexibility index (Phi) is 3.81. The standard InChI is InChI=1S/C13H11NO6S/c1-8(15)9-3-2-4-10(7-9)14-21(18,19)12-6-5-11(20-12)13(16)17/h2-7,14H,1H3,(H,16,17). The largest absolute Gasteiger partial charge is 0.475 e. The van der Waals surface area contributed by atoms with Gasteiger partial charge < -0.3 is 9.52 Å². The van der Waals surface area contributed by atoms with Crippen LogP contribution in [-0.4, -0.2) is 25.3 Å². The van der Waals surface area contributed by atoms with Crippen molar-refractivity contribution in [2.45, 2.75) is 12.0 Å². The predicted octanol–water partition coefficient (Wildman–Crippen LogP) is 1.98. The highest BCUT2D eigenvalue weighted by molar-refractivity contribution is 7.92. The second-order valence-electron chi connectivity index (χ2n) is 4.17. The molecule has 2 rings (SSSR count). The van der Waals surface area contributed by atoms with Gasteiger partial charge in [-0.2, -0.15) is 8.42 Å². The zero-order chi connectivity index (χ0) is 15.6. The minimum absolute atomic E-state index is 0.177. The molecule has 0 bridgehead atoms. The summed E-state index contributed by atoms with van der Waals surface area (Å²) in [5.41, 5.74) is 0.525. The molecule has 21 heavy (non-hydrogen) atoms. The van der Waals surface area contributed by atoms with E-state index in [-0.39, 0.29) is 11.5 Å². The summed E-state index contributed by atoms with van der Waals surface area (Å²) in [7, 11) is -4.06. The maximum Gasteiger partial charge on any atom is 0.371 e. The number of hydrogen-bond acceptors (Lipinski definition) is 5. The van der Waals surface area contributed by atoms with Gasteiger partial charge in [0.05, 0.1) is 0 Å². The molecule has 0 spiro atoms. The number of aromatic carboxylic acids is 1. The van der Waals surface area contributed by atoms with Crippen LogP contribution in [0.5, 0.6) is 0 Å². The van der Waals surface area contributed by atoms with Crippen LogP contribution in [0.2, 0.25) is 0 Å². The molecule has 1 aromatic heterocycles. The average molecular weight is 309 g/mol. The van der Waals surface area contributed by atoms with Crippen molar-refractivity contribution >= 4 is 27.5 Å². The van der Waals surface area contributed by atoms with Gasteiger partial charge in [0.15, 0.2) is 5.78 Å². The van der Waals surface area contributed by atoms with Crippen molar-refractivity contribution in [2.24, 2.45) is 0 Å². The lowest BCUT2D eigenvalue weighted by atomic mass is 10.1. The number of carboxylic acids is 1. The van der Waals surface area contributed by atoms with E-state index in [1.807, 2.05) is 0 Å². The summed E-state index contributed by atoms with van der Waals surface area (Å²) in [5.74, 6) is -2.05. The van der Waals surface area contributed by atoms with Crippen LogP contribution in [0.3, 0.4) is 0 Å². The SMILES string of the molecule is CC(=O)c1cccc(NS(=O)(=O)c2ccc(C(=O)O)o2)c1. The Morgan fingerprint density at radius 2 is 1.90 bits per heavy atom. The molecule has 0 saturated heterocycles. The first-order valence-electron chi connectivity index (χ1n) is 5.76. The molecule has 1 heterocycles. The highest BCUT2D eigenvalue weighted by Crippen LogP contribution is 2.19. The van der Waals surface area contributed by atoms with Crippen molar-refractivity contribution in [1.82, 2.24) is 0 Å². The molecule has 110 valence electrons. The number of Topliss-reactive ketones (excluding diaryl/α,β-unsaturated/α-hetero) is 1. The smallest absolute Gasteiger partial charge is 0.371 e. The summed E-state index contributed by atoms with van der Waals surface area (Å²) in [4.78, 5) is 21.9. The second kappa shape index (κ2) is 5.41. The molecule has 2 N–H and O–H groups in total. The van der Waals surface area contributed by atoms with E-state index >= 15 is 0 Å². The summed E-state index contributed by atoms with van der Waals surface area (Å²) < 4.78 is 31.0. The van der Waals surface area contributed by atoms with Crippen LogP contribution in [0.4, 0.5) is 5.69 Å². The molecular formula is C13H11NO6S. The Morgan fingerprint density at radius 3 is 2.48 bits per heavy atom. The topological polar surface area (TPSA) is 114 Å². The van der Waals surface area contributed by atoms with Gasteiger partial charge in [0, 0.05) is 11.3 Å². The lowest BCUT2D eigenvalue weighted by Gasteiger charge is -2.06. The number of ketones is 1. The molecular weight excluding hydrogens is 298 g/mol. The number of carbonyl (C=O) groups is 2. The van der Waals surface area contributed by atoms with E-state index in [9.17, 15) is 18.0 Å². The van der Waals surface area contributed by atoms with Gasteiger partial charge in [-0.15, -0.1) is 0 Å². The van der Waals surface area contributed by atoms with Crippen LogP contribution in [-0.2, 0) is 10.0 Å². The molecule has 0 aliphatic carbocycles. The van der Waals surface area contributed by atoms with E-state index in [2.05, 4.69) is 4.72 Å². The third kappa shape index (κ3) is 3.29. The number of carbonyl (C=O) groups excluding carboxylic acids is 1. The number of anilines is 1. The minimum atomic E-state index is -4.06. The number of rotatable bonds is 5. The molecule has 0 amide bonds. The Labute approximate surface area is 120 Å². The van der Waals surface area contributed by atoms with E-state index in [1.54, 1.807) is 6.07 Å². The van der Waals surface area contributed by atoms with Crippen molar-refractivity contribution in [3.63, 3.8) is 0 Å². The van der Waals surface area contributed by atoms with E-state index in [0.717, 1.165) is 12.1 Å². The Hall–Kier alpha value is -2.61. The zero-order valence-electron chi connectivity index (χ0n) is 10.9. The number of hydrogen-bond donors (Lipinski definition) is 2. The zero-order valence-corrected chi connectivity index (χ0v) is 11.7. The van der Waals surface area contributed by atoms with Crippen molar-refractivity contribution in [3.8, 4) is 0 Å².